The molecule has 0 saturated carbocycles. The second-order valence-corrected chi connectivity index (χ2v) is 8.27. The van der Waals surface area contributed by atoms with Crippen LogP contribution in [0.1, 0.15) is 23.2 Å². The molecule has 3 aromatic rings. The monoisotopic (exact) mass is 446 g/mol. The number of amides is 1. The highest BCUT2D eigenvalue weighted by Gasteiger charge is 2.22. The number of β-amino-alcohol motifs (C(OH)–C–C–N with tert-alkyl or cyclic N) is 1. The number of nitrogens with one attached hydrogen (secondary N) is 1. The number of piperidine rings is 1. The first kappa shape index (κ1) is 22.8. The van der Waals surface area contributed by atoms with Gasteiger partial charge in [-0.05, 0) is 61.4 Å². The predicted octanol–water partition coefficient (Wildman–Crippen LogP) is 4.11. The molecule has 1 saturated heterocycles. The van der Waals surface area contributed by atoms with Crippen LogP contribution in [0, 0.1) is 0 Å². The van der Waals surface area contributed by atoms with Crippen LogP contribution < -0.4 is 14.8 Å². The van der Waals surface area contributed by atoms with Crippen molar-refractivity contribution >= 4 is 5.91 Å². The van der Waals surface area contributed by atoms with E-state index >= 15 is 0 Å². The van der Waals surface area contributed by atoms with Crippen molar-refractivity contribution in [2.24, 2.45) is 0 Å². The number of para-hydroxylation sites is 1. The fourth-order valence-electron chi connectivity index (χ4n) is 3.89. The summed E-state index contributed by atoms with van der Waals surface area (Å²) in [7, 11) is 0. The van der Waals surface area contributed by atoms with Crippen LogP contribution in [0.5, 0.6) is 17.2 Å². The average molecular weight is 447 g/mol. The molecular formula is C27H30N2O4. The molecule has 1 amide bonds. The number of ether oxygens (including phenoxy) is 2. The van der Waals surface area contributed by atoms with Crippen molar-refractivity contribution in [2.75, 3.05) is 26.2 Å². The topological polar surface area (TPSA) is 71.0 Å². The molecule has 3 aromatic carbocycles. The van der Waals surface area contributed by atoms with E-state index in [9.17, 15) is 9.90 Å². The van der Waals surface area contributed by atoms with E-state index in [0.29, 0.717) is 17.9 Å². The molecule has 0 aliphatic carbocycles. The zero-order valence-corrected chi connectivity index (χ0v) is 18.6. The Morgan fingerprint density at radius 2 is 1.45 bits per heavy atom. The largest absolute Gasteiger partial charge is 0.491 e. The summed E-state index contributed by atoms with van der Waals surface area (Å²) in [4.78, 5) is 14.5. The summed E-state index contributed by atoms with van der Waals surface area (Å²) < 4.78 is 11.5. The quantitative estimate of drug-likeness (QED) is 0.518. The van der Waals surface area contributed by atoms with Crippen LogP contribution in [0.2, 0.25) is 0 Å². The van der Waals surface area contributed by atoms with Crippen molar-refractivity contribution in [3.8, 4) is 17.2 Å². The van der Waals surface area contributed by atoms with Gasteiger partial charge >= 0.3 is 0 Å². The summed E-state index contributed by atoms with van der Waals surface area (Å²) >= 11 is 0. The Hall–Kier alpha value is -3.35. The van der Waals surface area contributed by atoms with E-state index in [1.165, 1.54) is 0 Å². The minimum absolute atomic E-state index is 0.0253. The number of hydrogen-bond acceptors (Lipinski definition) is 5. The number of benzene rings is 3. The van der Waals surface area contributed by atoms with Gasteiger partial charge in [0, 0.05) is 31.2 Å². The molecule has 0 unspecified atom stereocenters. The lowest BCUT2D eigenvalue weighted by atomic mass is 10.0. The van der Waals surface area contributed by atoms with E-state index in [1.54, 1.807) is 0 Å². The molecular weight excluding hydrogens is 416 g/mol. The van der Waals surface area contributed by atoms with Crippen LogP contribution in [0.15, 0.2) is 84.9 Å². The molecule has 6 nitrogen and oxygen atoms in total. The third kappa shape index (κ3) is 7.07. The maximum absolute atomic E-state index is 12.3. The lowest BCUT2D eigenvalue weighted by molar-refractivity contribution is 0.0568. The van der Waals surface area contributed by atoms with E-state index in [4.69, 9.17) is 9.47 Å². The number of aliphatic hydroxyl groups is 1. The van der Waals surface area contributed by atoms with Crippen LogP contribution in [0.25, 0.3) is 0 Å². The molecule has 1 atom stereocenters. The first-order chi connectivity index (χ1) is 16.2. The highest BCUT2D eigenvalue weighted by molar-refractivity contribution is 5.94. The highest BCUT2D eigenvalue weighted by atomic mass is 16.5. The summed E-state index contributed by atoms with van der Waals surface area (Å²) in [5.41, 5.74) is 0.687. The molecule has 1 fully saturated rings. The molecule has 6 heteroatoms. The van der Waals surface area contributed by atoms with Crippen molar-refractivity contribution in [3.05, 3.63) is 90.5 Å². The Kier molecular flexibility index (Phi) is 7.95. The molecule has 0 radical (unpaired) electrons. The lowest BCUT2D eigenvalue weighted by Crippen LogP contribution is -2.47. The Bertz CT molecular complexity index is 988. The number of aliphatic hydroxyl groups excluding tert-OH is 1. The number of hydrogen-bond donors (Lipinski definition) is 2. The van der Waals surface area contributed by atoms with Crippen molar-refractivity contribution < 1.29 is 19.4 Å². The maximum atomic E-state index is 12.3. The second-order valence-electron chi connectivity index (χ2n) is 8.27. The van der Waals surface area contributed by atoms with Gasteiger partial charge in [-0.3, -0.25) is 4.79 Å². The minimum Gasteiger partial charge on any atom is -0.491 e. The number of likely N-dealkylation sites (tertiary alicyclic amines) is 1. The van der Waals surface area contributed by atoms with Crippen LogP contribution in [-0.4, -0.2) is 54.3 Å². The standard InChI is InChI=1S/C27H30N2O4/c30-23(20-32-24-11-13-26(14-12-24)33-25-9-5-2-6-10-25)19-29-17-15-22(16-18-29)28-27(31)21-7-3-1-4-8-21/h1-14,22-23,30H,15-20H2,(H,28,31)/t23-/m0/s1. The second kappa shape index (κ2) is 11.5. The molecule has 33 heavy (non-hydrogen) atoms. The molecule has 1 aliphatic heterocycles. The molecule has 0 spiro atoms. The Morgan fingerprint density at radius 3 is 2.12 bits per heavy atom. The molecule has 172 valence electrons. The zero-order valence-electron chi connectivity index (χ0n) is 18.6. The van der Waals surface area contributed by atoms with Gasteiger partial charge in [-0.15, -0.1) is 0 Å². The Balaban J connectivity index is 1.15. The third-order valence-electron chi connectivity index (χ3n) is 5.67. The molecule has 1 aliphatic rings. The molecule has 1 heterocycles. The Labute approximate surface area is 194 Å². The fraction of sp³-hybridized carbons (Fsp3) is 0.296. The summed E-state index contributed by atoms with van der Waals surface area (Å²) in [6.07, 6.45) is 1.16. The number of rotatable bonds is 9. The van der Waals surface area contributed by atoms with E-state index < -0.39 is 6.10 Å². The van der Waals surface area contributed by atoms with E-state index in [-0.39, 0.29) is 18.6 Å². The SMILES string of the molecule is O=C(NC1CCN(C[C@H](O)COc2ccc(Oc3ccccc3)cc2)CC1)c1ccccc1. The Morgan fingerprint density at radius 1 is 0.879 bits per heavy atom. The van der Waals surface area contributed by atoms with Crippen LogP contribution >= 0.6 is 0 Å². The van der Waals surface area contributed by atoms with Crippen molar-refractivity contribution in [3.63, 3.8) is 0 Å². The van der Waals surface area contributed by atoms with Gasteiger partial charge in [0.05, 0.1) is 0 Å². The van der Waals surface area contributed by atoms with Crippen molar-refractivity contribution in [1.29, 1.82) is 0 Å². The molecule has 4 rings (SSSR count). The highest BCUT2D eigenvalue weighted by Crippen LogP contribution is 2.23. The third-order valence-corrected chi connectivity index (χ3v) is 5.67. The smallest absolute Gasteiger partial charge is 0.251 e. The van der Waals surface area contributed by atoms with Crippen molar-refractivity contribution in [2.45, 2.75) is 25.0 Å². The van der Waals surface area contributed by atoms with E-state index in [0.717, 1.165) is 37.4 Å². The lowest BCUT2D eigenvalue weighted by Gasteiger charge is -2.33. The van der Waals surface area contributed by atoms with Gasteiger partial charge in [-0.1, -0.05) is 36.4 Å². The van der Waals surface area contributed by atoms with Gasteiger partial charge < -0.3 is 24.8 Å². The van der Waals surface area contributed by atoms with E-state index in [1.807, 2.05) is 84.9 Å². The normalized spacial score (nSPS) is 15.5. The summed E-state index contributed by atoms with van der Waals surface area (Å²) in [5.74, 6) is 2.18. The first-order valence-electron chi connectivity index (χ1n) is 11.4. The van der Waals surface area contributed by atoms with Gasteiger partial charge in [-0.2, -0.15) is 0 Å². The van der Waals surface area contributed by atoms with E-state index in [2.05, 4.69) is 10.2 Å². The van der Waals surface area contributed by atoms with Gasteiger partial charge in [-0.25, -0.2) is 0 Å². The summed E-state index contributed by atoms with van der Waals surface area (Å²) in [6, 6.07) is 26.4. The van der Waals surface area contributed by atoms with Crippen LogP contribution in [0.3, 0.4) is 0 Å². The van der Waals surface area contributed by atoms with Crippen LogP contribution in [0.4, 0.5) is 0 Å². The van der Waals surface area contributed by atoms with Gasteiger partial charge in [0.25, 0.3) is 5.91 Å². The maximum Gasteiger partial charge on any atom is 0.251 e. The number of nitrogens with zero attached hydrogens (tertiary/aromatic N) is 1. The van der Waals surface area contributed by atoms with Crippen LogP contribution in [-0.2, 0) is 0 Å². The molecule has 2 N–H and O–H groups in total. The van der Waals surface area contributed by atoms with Gasteiger partial charge in [0.2, 0.25) is 0 Å². The average Bonchev–Trinajstić information content (AvgIpc) is 2.86. The molecule has 0 bridgehead atoms. The number of carbonyl (C=O) groups excluding carboxylic acids is 1. The minimum atomic E-state index is -0.583. The number of carbonyl (C=O) groups is 1. The van der Waals surface area contributed by atoms with Gasteiger partial charge in [0.15, 0.2) is 0 Å². The van der Waals surface area contributed by atoms with Crippen molar-refractivity contribution in [1.82, 2.24) is 10.2 Å². The first-order valence-corrected chi connectivity index (χ1v) is 11.4. The fourth-order valence-corrected chi connectivity index (χ4v) is 3.89. The zero-order chi connectivity index (χ0) is 22.9. The molecule has 0 aromatic heterocycles. The van der Waals surface area contributed by atoms with Gasteiger partial charge in [0.1, 0.15) is 30.0 Å². The summed E-state index contributed by atoms with van der Waals surface area (Å²) in [6.45, 7) is 2.45. The predicted molar refractivity (Wildman–Crippen MR) is 128 cm³/mol. The summed E-state index contributed by atoms with van der Waals surface area (Å²) in [5, 5.41) is 13.5.